The van der Waals surface area contributed by atoms with Crippen molar-refractivity contribution in [2.75, 3.05) is 41.4 Å². The van der Waals surface area contributed by atoms with Crippen LogP contribution in [0.15, 0.2) is 48.7 Å². The Kier molecular flexibility index (Phi) is 12.5. The zero-order chi connectivity index (χ0) is 42.0. The van der Waals surface area contributed by atoms with Crippen LogP contribution < -0.4 is 0 Å². The Balaban J connectivity index is 1.15. The number of hydrogen-bond donors (Lipinski definition) is 2. The minimum atomic E-state index is -0.659. The van der Waals surface area contributed by atoms with E-state index < -0.39 is 24.3 Å². The monoisotopic (exact) mass is 792 g/mol. The van der Waals surface area contributed by atoms with E-state index in [0.29, 0.717) is 24.7 Å². The van der Waals surface area contributed by atoms with Crippen LogP contribution in [0.25, 0.3) is 22.3 Å². The summed E-state index contributed by atoms with van der Waals surface area (Å²) in [5, 5.41) is 0. The summed E-state index contributed by atoms with van der Waals surface area (Å²) in [6.45, 7) is 13.1. The van der Waals surface area contributed by atoms with E-state index in [1.807, 2.05) is 86.2 Å². The number of nitrogens with one attached hydrogen (secondary N) is 2. The van der Waals surface area contributed by atoms with E-state index >= 15 is 0 Å². The Labute approximate surface area is 340 Å². The van der Waals surface area contributed by atoms with Crippen molar-refractivity contribution in [2.45, 2.75) is 78.6 Å². The molecule has 0 spiro atoms. The summed E-state index contributed by atoms with van der Waals surface area (Å²) in [4.78, 5) is 75.6. The first-order valence-corrected chi connectivity index (χ1v) is 20.0. The highest BCUT2D eigenvalue weighted by molar-refractivity contribution is 5.87. The largest absolute Gasteiger partial charge is 0.453 e. The van der Waals surface area contributed by atoms with Crippen LogP contribution in [0.4, 0.5) is 9.59 Å². The van der Waals surface area contributed by atoms with Gasteiger partial charge in [0.05, 0.1) is 43.0 Å². The second-order valence-corrected chi connectivity index (χ2v) is 16.6. The second-order valence-electron chi connectivity index (χ2n) is 16.6. The van der Waals surface area contributed by atoms with E-state index in [-0.39, 0.29) is 47.6 Å². The molecule has 4 amide bonds. The van der Waals surface area contributed by atoms with Crippen LogP contribution in [0.5, 0.6) is 0 Å². The van der Waals surface area contributed by atoms with E-state index in [1.54, 1.807) is 14.1 Å². The average Bonchev–Trinajstić information content (AvgIpc) is 4.01. The van der Waals surface area contributed by atoms with Crippen LogP contribution in [-0.4, -0.2) is 117 Å². The van der Waals surface area contributed by atoms with Crippen LogP contribution in [0.1, 0.15) is 89.2 Å². The van der Waals surface area contributed by atoms with Crippen LogP contribution in [0.3, 0.4) is 0 Å². The Morgan fingerprint density at radius 3 is 1.76 bits per heavy atom. The molecule has 4 heterocycles. The molecule has 2 aliphatic rings. The van der Waals surface area contributed by atoms with Gasteiger partial charge in [0.15, 0.2) is 0 Å². The van der Waals surface area contributed by atoms with Crippen molar-refractivity contribution in [3.05, 3.63) is 71.4 Å². The standard InChI is InChI=1S/C44H56N8O6/c1-25(2)37(49(7)43(55)57-9)41(53)51-23-27(5)19-35(51)39-45-22-34(48-39)31-16-13-29(14-17-31)11-12-30-15-18-32-33(21-30)47-40(46-32)36-20-28(6)24-52(36)42(54)38(26(3)4)50(8)44(56)58-10/h13-18,21-22,25-28,35-38H,19-20,23-24H2,1-10H3,(H,45,48)(H,46,47)/t27-,28-,35-,36-,37+,38+/m0/s1. The van der Waals surface area contributed by atoms with Crippen molar-refractivity contribution in [3.63, 3.8) is 0 Å². The number of carbonyl (C=O) groups excluding carboxylic acids is 4. The fraction of sp³-hybridized carbons (Fsp3) is 0.500. The van der Waals surface area contributed by atoms with Gasteiger partial charge in [0, 0.05) is 50.1 Å². The van der Waals surface area contributed by atoms with Gasteiger partial charge >= 0.3 is 12.2 Å². The smallest absolute Gasteiger partial charge is 0.409 e. The number of ether oxygens (including phenoxy) is 2. The maximum absolute atomic E-state index is 13.9. The number of aromatic amines is 2. The third-order valence-corrected chi connectivity index (χ3v) is 11.4. The molecule has 0 saturated carbocycles. The van der Waals surface area contributed by atoms with Gasteiger partial charge in [-0.2, -0.15) is 0 Å². The van der Waals surface area contributed by atoms with E-state index in [9.17, 15) is 19.2 Å². The Morgan fingerprint density at radius 2 is 1.24 bits per heavy atom. The molecule has 58 heavy (non-hydrogen) atoms. The molecular weight excluding hydrogens is 737 g/mol. The molecule has 2 aliphatic heterocycles. The lowest BCUT2D eigenvalue weighted by molar-refractivity contribution is -0.139. The number of likely N-dealkylation sites (N-methyl/N-ethyl adjacent to an activating group) is 2. The molecule has 2 N–H and O–H groups in total. The molecule has 14 nitrogen and oxygen atoms in total. The number of methoxy groups -OCH3 is 2. The molecule has 4 aromatic rings. The number of nitrogens with zero attached hydrogens (tertiary/aromatic N) is 6. The second kappa shape index (κ2) is 17.3. The number of carbonyl (C=O) groups is 4. The number of rotatable bonds is 9. The highest BCUT2D eigenvalue weighted by atomic mass is 16.5. The van der Waals surface area contributed by atoms with Gasteiger partial charge in [0.1, 0.15) is 23.7 Å². The third-order valence-electron chi connectivity index (χ3n) is 11.4. The van der Waals surface area contributed by atoms with Gasteiger partial charge in [-0.05, 0) is 66.8 Å². The van der Waals surface area contributed by atoms with Crippen molar-refractivity contribution in [1.29, 1.82) is 0 Å². The maximum atomic E-state index is 13.9. The number of fused-ring (bicyclic) bond motifs is 1. The number of H-pyrrole nitrogens is 2. The molecule has 0 aliphatic carbocycles. The summed E-state index contributed by atoms with van der Waals surface area (Å²) in [6.07, 6.45) is 2.29. The van der Waals surface area contributed by atoms with Gasteiger partial charge in [-0.1, -0.05) is 65.5 Å². The third kappa shape index (κ3) is 8.54. The van der Waals surface area contributed by atoms with Gasteiger partial charge in [-0.15, -0.1) is 0 Å². The van der Waals surface area contributed by atoms with Crippen molar-refractivity contribution < 1.29 is 28.7 Å². The SMILES string of the molecule is COC(=O)N(C)[C@@H](C(=O)N1C[C@@H](C)C[C@H]1c1nc(-c2ccc(C#Cc3ccc4[nH]c([C@@H]5C[C@H](C)CN5C(=O)[C@@H](C(C)C)N(C)C(=O)OC)nc4c3)cc2)c[nH]1)C(C)C. The average molecular weight is 793 g/mol. The van der Waals surface area contributed by atoms with Crippen molar-refractivity contribution >= 4 is 35.0 Å². The molecule has 0 unspecified atom stereocenters. The molecule has 0 radical (unpaired) electrons. The lowest BCUT2D eigenvalue weighted by Crippen LogP contribution is -2.52. The topological polar surface area (TPSA) is 157 Å². The van der Waals surface area contributed by atoms with Gasteiger partial charge in [-0.25, -0.2) is 19.6 Å². The molecule has 0 bridgehead atoms. The van der Waals surface area contributed by atoms with Crippen molar-refractivity contribution in [3.8, 4) is 23.1 Å². The molecule has 6 atom stereocenters. The molecule has 2 aromatic carbocycles. The summed E-state index contributed by atoms with van der Waals surface area (Å²) >= 11 is 0. The Bertz CT molecular complexity index is 2200. The number of benzene rings is 2. The van der Waals surface area contributed by atoms with Crippen LogP contribution >= 0.6 is 0 Å². The molecule has 6 rings (SSSR count). The van der Waals surface area contributed by atoms with Crippen molar-refractivity contribution in [2.24, 2.45) is 23.7 Å². The molecule has 308 valence electrons. The quantitative estimate of drug-likeness (QED) is 0.179. The fourth-order valence-electron chi connectivity index (χ4n) is 8.53. The van der Waals surface area contributed by atoms with Gasteiger partial charge in [-0.3, -0.25) is 19.4 Å². The minimum Gasteiger partial charge on any atom is -0.453 e. The number of amides is 4. The highest BCUT2D eigenvalue weighted by Gasteiger charge is 2.43. The van der Waals surface area contributed by atoms with E-state index in [4.69, 9.17) is 19.4 Å². The van der Waals surface area contributed by atoms with Gasteiger partial charge < -0.3 is 29.2 Å². The fourth-order valence-corrected chi connectivity index (χ4v) is 8.53. The Hall–Kier alpha value is -5.84. The predicted octanol–water partition coefficient (Wildman–Crippen LogP) is 6.62. The van der Waals surface area contributed by atoms with Crippen LogP contribution in [0.2, 0.25) is 0 Å². The normalized spacial score (nSPS) is 20.2. The first-order valence-electron chi connectivity index (χ1n) is 20.0. The van der Waals surface area contributed by atoms with E-state index in [1.165, 1.54) is 24.0 Å². The van der Waals surface area contributed by atoms with E-state index in [2.05, 4.69) is 35.7 Å². The molecule has 2 fully saturated rings. The summed E-state index contributed by atoms with van der Waals surface area (Å²) in [6, 6.07) is 11.9. The van der Waals surface area contributed by atoms with E-state index in [0.717, 1.165) is 46.3 Å². The van der Waals surface area contributed by atoms with Gasteiger partial charge in [0.25, 0.3) is 0 Å². The Morgan fingerprint density at radius 1 is 0.741 bits per heavy atom. The summed E-state index contributed by atoms with van der Waals surface area (Å²) in [7, 11) is 5.84. The van der Waals surface area contributed by atoms with Crippen LogP contribution in [-0.2, 0) is 19.1 Å². The summed E-state index contributed by atoms with van der Waals surface area (Å²) in [5.41, 5.74) is 4.94. The first-order chi connectivity index (χ1) is 27.6. The van der Waals surface area contributed by atoms with Gasteiger partial charge in [0.2, 0.25) is 11.8 Å². The number of hydrogen-bond acceptors (Lipinski definition) is 8. The molecule has 2 saturated heterocycles. The lowest BCUT2D eigenvalue weighted by atomic mass is 10.0. The van der Waals surface area contributed by atoms with Crippen molar-refractivity contribution in [1.82, 2.24) is 39.5 Å². The lowest BCUT2D eigenvalue weighted by Gasteiger charge is -2.34. The minimum absolute atomic E-state index is 0.105. The zero-order valence-electron chi connectivity index (χ0n) is 35.2. The molecule has 2 aromatic heterocycles. The summed E-state index contributed by atoms with van der Waals surface area (Å²) < 4.78 is 9.84. The highest BCUT2D eigenvalue weighted by Crippen LogP contribution is 2.38. The molecular formula is C44H56N8O6. The van der Waals surface area contributed by atoms with Crippen LogP contribution in [0, 0.1) is 35.5 Å². The summed E-state index contributed by atoms with van der Waals surface area (Å²) in [5.74, 6) is 8.05. The number of aromatic nitrogens is 4. The zero-order valence-corrected chi connectivity index (χ0v) is 35.2. The number of imidazole rings is 2. The molecule has 14 heteroatoms. The first kappa shape index (κ1) is 41.8. The number of likely N-dealkylation sites (tertiary alicyclic amines) is 2. The predicted molar refractivity (Wildman–Crippen MR) is 220 cm³/mol. The maximum Gasteiger partial charge on any atom is 0.409 e.